The Hall–Kier alpha value is -0.990. The maximum atomic E-state index is 12.4. The lowest BCUT2D eigenvalue weighted by molar-refractivity contribution is -0.149. The van der Waals surface area contributed by atoms with Gasteiger partial charge in [0.25, 0.3) is 0 Å². The van der Waals surface area contributed by atoms with Crippen LogP contribution in [-0.2, 0) is 24.6 Å². The van der Waals surface area contributed by atoms with Gasteiger partial charge in [0.05, 0.1) is 18.8 Å². The van der Waals surface area contributed by atoms with Crippen LogP contribution in [0.4, 0.5) is 5.95 Å². The number of nitrogens with one attached hydrogen (secondary N) is 1. The molecule has 0 saturated heterocycles. The summed E-state index contributed by atoms with van der Waals surface area (Å²) in [7, 11) is -3.26. The number of rotatable bonds is 9. The molecular weight excluding hydrogens is 311 g/mol. The van der Waals surface area contributed by atoms with Crippen molar-refractivity contribution in [2.45, 2.75) is 52.9 Å². The molecule has 1 unspecified atom stereocenters. The van der Waals surface area contributed by atoms with Crippen LogP contribution in [0.1, 0.15) is 34.6 Å². The van der Waals surface area contributed by atoms with Crippen molar-refractivity contribution in [1.29, 1.82) is 0 Å². The summed E-state index contributed by atoms with van der Waals surface area (Å²) in [5.41, 5.74) is -0.519. The van der Waals surface area contributed by atoms with Gasteiger partial charge in [-0.05, 0) is 34.6 Å². The van der Waals surface area contributed by atoms with Crippen molar-refractivity contribution in [1.82, 2.24) is 14.8 Å². The van der Waals surface area contributed by atoms with Gasteiger partial charge in [-0.15, -0.1) is 5.10 Å². The van der Waals surface area contributed by atoms with Crippen LogP contribution < -0.4 is 5.32 Å². The molecule has 0 spiro atoms. The summed E-state index contributed by atoms with van der Waals surface area (Å²) >= 11 is 0. The quantitative estimate of drug-likeness (QED) is 0.521. The minimum Gasteiger partial charge on any atom is -0.351 e. The van der Waals surface area contributed by atoms with Gasteiger partial charge in [0.2, 0.25) is 12.4 Å². The van der Waals surface area contributed by atoms with E-state index in [2.05, 4.69) is 15.4 Å². The number of ether oxygens (including phenoxy) is 1. The zero-order chi connectivity index (χ0) is 16.8. The predicted octanol–water partition coefficient (Wildman–Crippen LogP) is 2.00. The summed E-state index contributed by atoms with van der Waals surface area (Å²) < 4.78 is 29.3. The average molecular weight is 336 g/mol. The summed E-state index contributed by atoms with van der Waals surface area (Å²) in [4.78, 5) is 3.96. The molecule has 22 heavy (non-hydrogen) atoms. The Morgan fingerprint density at radius 2 is 1.95 bits per heavy atom. The van der Waals surface area contributed by atoms with E-state index in [0.717, 1.165) is 0 Å². The molecule has 0 fully saturated rings. The third kappa shape index (κ3) is 6.85. The van der Waals surface area contributed by atoms with E-state index in [1.54, 1.807) is 13.8 Å². The van der Waals surface area contributed by atoms with Crippen molar-refractivity contribution in [3.63, 3.8) is 0 Å². The van der Waals surface area contributed by atoms with E-state index < -0.39 is 19.6 Å². The Kier molecular flexibility index (Phi) is 6.96. The molecule has 9 nitrogen and oxygen atoms in total. The molecular formula is C12H25N4O5P. The van der Waals surface area contributed by atoms with Gasteiger partial charge in [0.1, 0.15) is 12.6 Å². The molecule has 0 aromatic carbocycles. The highest BCUT2D eigenvalue weighted by atomic mass is 31.2. The van der Waals surface area contributed by atoms with Gasteiger partial charge in [-0.3, -0.25) is 4.57 Å². The highest BCUT2D eigenvalue weighted by molar-refractivity contribution is 7.52. The number of aliphatic hydroxyl groups is 1. The molecule has 1 heterocycles. The molecule has 0 radical (unpaired) electrons. The van der Waals surface area contributed by atoms with Gasteiger partial charge < -0.3 is 24.2 Å². The van der Waals surface area contributed by atoms with Crippen molar-refractivity contribution in [3.8, 4) is 0 Å². The topological polar surface area (TPSA) is 108 Å². The first-order valence-electron chi connectivity index (χ1n) is 7.07. The number of hydrogen-bond donors (Lipinski definition) is 2. The van der Waals surface area contributed by atoms with Gasteiger partial charge in [0.15, 0.2) is 0 Å². The second-order valence-corrected chi connectivity index (χ2v) is 7.44. The Balaban J connectivity index is 2.65. The number of aromatic nitrogens is 3. The third-order valence-corrected chi connectivity index (χ3v) is 4.16. The summed E-state index contributed by atoms with van der Waals surface area (Å²) in [6.07, 6.45) is 0.0672. The summed E-state index contributed by atoms with van der Waals surface area (Å²) in [5, 5.41) is 16.4. The second kappa shape index (κ2) is 8.03. The smallest absolute Gasteiger partial charge is 0.351 e. The van der Waals surface area contributed by atoms with Crippen LogP contribution in [0.15, 0.2) is 6.33 Å². The number of anilines is 1. The van der Waals surface area contributed by atoms with Gasteiger partial charge in [-0.25, -0.2) is 9.67 Å². The first-order valence-corrected chi connectivity index (χ1v) is 8.80. The second-order valence-electron chi connectivity index (χ2n) is 5.42. The predicted molar refractivity (Wildman–Crippen MR) is 81.3 cm³/mol. The fourth-order valence-electron chi connectivity index (χ4n) is 1.59. The maximum Gasteiger partial charge on any atom is 0.351 e. The molecule has 0 aliphatic rings. The van der Waals surface area contributed by atoms with Crippen LogP contribution in [0.2, 0.25) is 0 Å². The molecule has 0 amide bonds. The van der Waals surface area contributed by atoms with Crippen LogP contribution in [0.3, 0.4) is 0 Å². The van der Waals surface area contributed by atoms with Crippen molar-refractivity contribution >= 4 is 13.5 Å². The van der Waals surface area contributed by atoms with E-state index in [0.29, 0.717) is 0 Å². The van der Waals surface area contributed by atoms with Gasteiger partial charge in [-0.1, -0.05) is 0 Å². The molecule has 0 aliphatic heterocycles. The third-order valence-electron chi connectivity index (χ3n) is 2.22. The Labute approximate surface area is 130 Å². The van der Waals surface area contributed by atoms with Crippen LogP contribution in [-0.4, -0.2) is 45.1 Å². The normalized spacial score (nSPS) is 14.1. The zero-order valence-corrected chi connectivity index (χ0v) is 14.5. The molecule has 2 N–H and O–H groups in total. The van der Waals surface area contributed by atoms with Crippen LogP contribution in [0.5, 0.6) is 0 Å². The van der Waals surface area contributed by atoms with Crippen molar-refractivity contribution < 1.29 is 23.5 Å². The van der Waals surface area contributed by atoms with Crippen molar-refractivity contribution in [3.05, 3.63) is 6.33 Å². The molecule has 1 aromatic rings. The van der Waals surface area contributed by atoms with E-state index >= 15 is 0 Å². The van der Waals surface area contributed by atoms with Crippen molar-refractivity contribution in [2.24, 2.45) is 0 Å². The Morgan fingerprint density at radius 1 is 1.36 bits per heavy atom. The lowest BCUT2D eigenvalue weighted by atomic mass is 10.2. The van der Waals surface area contributed by atoms with Crippen LogP contribution in [0, 0.1) is 0 Å². The fraction of sp³-hybridized carbons (Fsp3) is 0.833. The maximum absolute atomic E-state index is 12.4. The Bertz CT molecular complexity index is 492. The van der Waals surface area contributed by atoms with Crippen molar-refractivity contribution in [2.75, 3.05) is 18.5 Å². The highest BCUT2D eigenvalue weighted by Crippen LogP contribution is 2.49. The number of hydrogen-bond acceptors (Lipinski definition) is 8. The first kappa shape index (κ1) is 19.1. The minimum absolute atomic E-state index is 0.0560. The molecule has 10 heteroatoms. The number of aliphatic hydroxyl groups excluding tert-OH is 1. The molecule has 0 aliphatic carbocycles. The molecule has 1 rings (SSSR count). The summed E-state index contributed by atoms with van der Waals surface area (Å²) in [6, 6.07) is 0. The van der Waals surface area contributed by atoms with E-state index in [4.69, 9.17) is 13.8 Å². The molecule has 0 bridgehead atoms. The van der Waals surface area contributed by atoms with Gasteiger partial charge in [0, 0.05) is 0 Å². The molecule has 128 valence electrons. The highest BCUT2D eigenvalue weighted by Gasteiger charge is 2.25. The lowest BCUT2D eigenvalue weighted by Crippen LogP contribution is -2.32. The minimum atomic E-state index is -3.26. The Morgan fingerprint density at radius 3 is 2.45 bits per heavy atom. The molecule has 1 aromatic heterocycles. The van der Waals surface area contributed by atoms with Crippen LogP contribution in [0.25, 0.3) is 0 Å². The average Bonchev–Trinajstić information content (AvgIpc) is 2.73. The summed E-state index contributed by atoms with van der Waals surface area (Å²) in [5.74, 6) is 0.149. The first-order chi connectivity index (χ1) is 10.2. The lowest BCUT2D eigenvalue weighted by Gasteiger charge is -2.23. The van der Waals surface area contributed by atoms with Gasteiger partial charge in [-0.2, -0.15) is 0 Å². The number of nitrogens with zero attached hydrogens (tertiary/aromatic N) is 3. The van der Waals surface area contributed by atoms with Gasteiger partial charge >= 0.3 is 7.60 Å². The van der Waals surface area contributed by atoms with E-state index in [-0.39, 0.29) is 25.4 Å². The standard InChI is InChI=1S/C12H25N4O5P/c1-6-19-22(18,20-7-2)9-16-8-13-10(15-16)14-11(17)21-12(3,4)5/h8,11,17H,6-7,9H2,1-5H3,(H,14,15). The van der Waals surface area contributed by atoms with Crippen LogP contribution >= 0.6 is 7.60 Å². The zero-order valence-electron chi connectivity index (χ0n) is 13.6. The monoisotopic (exact) mass is 336 g/mol. The van der Waals surface area contributed by atoms with E-state index in [1.165, 1.54) is 11.0 Å². The summed E-state index contributed by atoms with van der Waals surface area (Å²) in [6.45, 7) is 9.45. The largest absolute Gasteiger partial charge is 0.351 e. The van der Waals surface area contributed by atoms with E-state index in [9.17, 15) is 9.67 Å². The SMILES string of the molecule is CCOP(=O)(Cn1cnc(NC(O)OC(C)(C)C)n1)OCC. The molecule has 0 saturated carbocycles. The van der Waals surface area contributed by atoms with E-state index in [1.807, 2.05) is 20.8 Å². The molecule has 1 atom stereocenters. The fourth-order valence-corrected chi connectivity index (χ4v) is 3.11.